The molecule has 1 atom stereocenters. The minimum Gasteiger partial charge on any atom is -0.495 e. The Hall–Kier alpha value is -3.29. The van der Waals surface area contributed by atoms with E-state index in [1.54, 1.807) is 37.4 Å². The number of rotatable bonds is 6. The molecule has 37 heavy (non-hydrogen) atoms. The summed E-state index contributed by atoms with van der Waals surface area (Å²) in [6.07, 6.45) is 1.25. The lowest BCUT2D eigenvalue weighted by molar-refractivity contribution is -0.137. The van der Waals surface area contributed by atoms with Gasteiger partial charge in [-0.05, 0) is 55.3 Å². The summed E-state index contributed by atoms with van der Waals surface area (Å²) in [5.74, 6) is -0.357. The summed E-state index contributed by atoms with van der Waals surface area (Å²) in [6.45, 7) is 1.50. The maximum Gasteiger partial charge on any atom is 0.305 e. The number of carboxylic acid groups (broad SMARTS) is 1. The molecule has 0 saturated carbocycles. The molecule has 1 saturated heterocycles. The zero-order chi connectivity index (χ0) is 26.1. The summed E-state index contributed by atoms with van der Waals surface area (Å²) in [4.78, 5) is 21.0. The van der Waals surface area contributed by atoms with Crippen LogP contribution < -0.4 is 14.5 Å². The van der Waals surface area contributed by atoms with Crippen LogP contribution in [0.15, 0.2) is 65.7 Å². The number of hydrogen-bond acceptors (Lipinski definition) is 5. The van der Waals surface area contributed by atoms with Gasteiger partial charge in [-0.3, -0.25) is 4.79 Å². The van der Waals surface area contributed by atoms with E-state index in [9.17, 15) is 9.90 Å². The fourth-order valence-corrected chi connectivity index (χ4v) is 5.60. The fraction of sp³-hybridized carbons (Fsp3) is 0.286. The molecule has 9 heteroatoms. The molecule has 2 heterocycles. The van der Waals surface area contributed by atoms with E-state index in [1.165, 1.54) is 6.07 Å². The van der Waals surface area contributed by atoms with Crippen LogP contribution in [-0.4, -0.2) is 37.1 Å². The average molecular weight is 542 g/mol. The minimum atomic E-state index is -0.997. The number of nitrogens with zero attached hydrogens (tertiary/aromatic N) is 3. The van der Waals surface area contributed by atoms with Gasteiger partial charge < -0.3 is 19.6 Å². The van der Waals surface area contributed by atoms with E-state index < -0.39 is 17.8 Å². The lowest BCUT2D eigenvalue weighted by Gasteiger charge is -2.43. The van der Waals surface area contributed by atoms with Crippen LogP contribution >= 0.6 is 23.2 Å². The number of carbonyl (C=O) groups is 1. The second kappa shape index (κ2) is 10.6. The van der Waals surface area contributed by atoms with E-state index in [1.807, 2.05) is 29.2 Å². The predicted octanol–water partition coefficient (Wildman–Crippen LogP) is 7.12. The van der Waals surface area contributed by atoms with Crippen LogP contribution in [0.1, 0.15) is 30.9 Å². The Balaban J connectivity index is 1.58. The number of amidine groups is 1. The number of aliphatic imine (C=N–C) groups is 1. The average Bonchev–Trinajstić information content (AvgIpc) is 2.89. The first-order valence-corrected chi connectivity index (χ1v) is 12.8. The van der Waals surface area contributed by atoms with E-state index in [4.69, 9.17) is 32.9 Å². The minimum absolute atomic E-state index is 0.0387. The van der Waals surface area contributed by atoms with Gasteiger partial charge in [-0.2, -0.15) is 0 Å². The molecule has 3 aromatic carbocycles. The third-order valence-electron chi connectivity index (χ3n) is 6.96. The highest BCUT2D eigenvalue weighted by Gasteiger charge is 2.39. The number of piperidine rings is 1. The van der Waals surface area contributed by atoms with Crippen LogP contribution in [0.3, 0.4) is 0 Å². The summed E-state index contributed by atoms with van der Waals surface area (Å²) < 4.78 is 20.7. The van der Waals surface area contributed by atoms with Gasteiger partial charge in [0.2, 0.25) is 0 Å². The first kappa shape index (κ1) is 25.4. The molecule has 3 aromatic rings. The highest BCUT2D eigenvalue weighted by Crippen LogP contribution is 2.46. The molecule has 0 aromatic heterocycles. The maximum absolute atomic E-state index is 15.0. The lowest BCUT2D eigenvalue weighted by Crippen LogP contribution is -2.46. The van der Waals surface area contributed by atoms with Gasteiger partial charge >= 0.3 is 5.97 Å². The molecule has 0 spiro atoms. The van der Waals surface area contributed by atoms with Crippen molar-refractivity contribution in [3.8, 4) is 5.75 Å². The van der Waals surface area contributed by atoms with E-state index in [-0.39, 0.29) is 18.0 Å². The highest BCUT2D eigenvalue weighted by molar-refractivity contribution is 6.31. The normalized spacial score (nSPS) is 17.8. The van der Waals surface area contributed by atoms with Crippen molar-refractivity contribution < 1.29 is 19.0 Å². The van der Waals surface area contributed by atoms with Crippen molar-refractivity contribution in [2.75, 3.05) is 30.0 Å². The molecule has 0 aliphatic carbocycles. The van der Waals surface area contributed by atoms with E-state index in [0.717, 1.165) is 31.6 Å². The van der Waals surface area contributed by atoms with Gasteiger partial charge in [0.25, 0.3) is 0 Å². The van der Waals surface area contributed by atoms with Gasteiger partial charge in [0.05, 0.1) is 25.3 Å². The van der Waals surface area contributed by atoms with Gasteiger partial charge in [0.1, 0.15) is 23.1 Å². The van der Waals surface area contributed by atoms with Crippen molar-refractivity contribution in [2.24, 2.45) is 10.9 Å². The Labute approximate surface area is 224 Å². The van der Waals surface area contributed by atoms with Crippen molar-refractivity contribution in [3.05, 3.63) is 82.1 Å². The molecule has 6 nitrogen and oxygen atoms in total. The molecule has 0 amide bonds. The van der Waals surface area contributed by atoms with Gasteiger partial charge in [-0.25, -0.2) is 9.38 Å². The topological polar surface area (TPSA) is 65.4 Å². The van der Waals surface area contributed by atoms with Crippen LogP contribution in [0.5, 0.6) is 5.75 Å². The van der Waals surface area contributed by atoms with Crippen LogP contribution in [0.25, 0.3) is 0 Å². The predicted molar refractivity (Wildman–Crippen MR) is 145 cm³/mol. The first-order chi connectivity index (χ1) is 17.9. The Bertz CT molecular complexity index is 1360. The highest BCUT2D eigenvalue weighted by atomic mass is 35.5. The van der Waals surface area contributed by atoms with E-state index in [2.05, 4.69) is 4.90 Å². The fourth-order valence-electron chi connectivity index (χ4n) is 5.25. The summed E-state index contributed by atoms with van der Waals surface area (Å²) in [5.41, 5.74) is 2.36. The van der Waals surface area contributed by atoms with Gasteiger partial charge in [0.15, 0.2) is 0 Å². The number of hydrogen-bond donors (Lipinski definition) is 1. The van der Waals surface area contributed by atoms with Crippen molar-refractivity contribution in [2.45, 2.75) is 25.3 Å². The van der Waals surface area contributed by atoms with Crippen molar-refractivity contribution >= 4 is 52.1 Å². The van der Waals surface area contributed by atoms with Crippen LogP contribution in [0, 0.1) is 11.7 Å². The third-order valence-corrected chi connectivity index (χ3v) is 7.43. The van der Waals surface area contributed by atoms with Crippen molar-refractivity contribution in [1.29, 1.82) is 0 Å². The monoisotopic (exact) mass is 541 g/mol. The van der Waals surface area contributed by atoms with E-state index in [0.29, 0.717) is 32.9 Å². The number of ether oxygens (including phenoxy) is 1. The van der Waals surface area contributed by atoms with Crippen molar-refractivity contribution in [1.82, 2.24) is 0 Å². The summed E-state index contributed by atoms with van der Waals surface area (Å²) >= 11 is 12.6. The molecular weight excluding hydrogens is 516 g/mol. The molecule has 5 rings (SSSR count). The maximum atomic E-state index is 15.0. The molecule has 1 N–H and O–H groups in total. The third kappa shape index (κ3) is 5.11. The molecule has 2 aliphatic heterocycles. The Morgan fingerprint density at radius 2 is 1.81 bits per heavy atom. The number of benzene rings is 3. The Kier molecular flexibility index (Phi) is 7.26. The zero-order valence-corrected chi connectivity index (χ0v) is 21.7. The Morgan fingerprint density at radius 1 is 1.08 bits per heavy atom. The number of aliphatic carboxylic acids is 1. The van der Waals surface area contributed by atoms with Crippen LogP contribution in [-0.2, 0) is 4.79 Å². The summed E-state index contributed by atoms with van der Waals surface area (Å²) in [7, 11) is 1.55. The van der Waals surface area contributed by atoms with Crippen LogP contribution in [0.4, 0.5) is 21.5 Å². The number of halogens is 3. The second-order valence-corrected chi connectivity index (χ2v) is 10.1. The zero-order valence-electron chi connectivity index (χ0n) is 20.2. The van der Waals surface area contributed by atoms with Gasteiger partial charge in [0, 0.05) is 40.3 Å². The number of fused-ring (bicyclic) bond motifs is 1. The number of para-hydroxylation sites is 1. The first-order valence-electron chi connectivity index (χ1n) is 12.1. The number of methoxy groups -OCH3 is 1. The van der Waals surface area contributed by atoms with E-state index >= 15 is 4.39 Å². The number of anilines is 2. The molecule has 1 unspecified atom stereocenters. The summed E-state index contributed by atoms with van der Waals surface area (Å²) in [5, 5.41) is 11.0. The number of carboxylic acids is 1. The smallest absolute Gasteiger partial charge is 0.305 e. The summed E-state index contributed by atoms with van der Waals surface area (Å²) in [6, 6.07) is 16.9. The molecule has 0 radical (unpaired) electrons. The molecule has 0 bridgehead atoms. The molecule has 2 aliphatic rings. The molecule has 192 valence electrons. The standard InChI is InChI=1S/C28H26Cl2FN3O3/c1-37-25-9-8-19(30)15-24(25)34-23(16-26(35)36)21-6-3-7-22(31)27(21)32-28(34)17-10-12-33(13-11-17)20-5-2-4-18(29)14-20/h2-9,14-15,17,23H,10-13,16H2,1H3,(H,35,36). The molecule has 1 fully saturated rings. The lowest BCUT2D eigenvalue weighted by atomic mass is 9.89. The quantitative estimate of drug-likeness (QED) is 0.359. The Morgan fingerprint density at radius 3 is 2.51 bits per heavy atom. The largest absolute Gasteiger partial charge is 0.495 e. The van der Waals surface area contributed by atoms with Crippen molar-refractivity contribution in [3.63, 3.8) is 0 Å². The molecular formula is C28H26Cl2FN3O3. The second-order valence-electron chi connectivity index (χ2n) is 9.19. The van der Waals surface area contributed by atoms with Crippen LogP contribution in [0.2, 0.25) is 10.0 Å². The van der Waals surface area contributed by atoms with Gasteiger partial charge in [-0.1, -0.05) is 41.4 Å². The van der Waals surface area contributed by atoms with Gasteiger partial charge in [-0.15, -0.1) is 0 Å². The SMILES string of the molecule is COc1ccc(Cl)cc1N1C(C2CCN(c3cccc(Cl)c3)CC2)=Nc2c(F)cccc2C1CC(=O)O.